The van der Waals surface area contributed by atoms with Gasteiger partial charge in [0.2, 0.25) is 0 Å². The number of hydrogen-bond acceptors (Lipinski definition) is 0. The maximum absolute atomic E-state index is 5.53. The molecule has 0 unspecified atom stereocenters. The standard InChI is InChI=1S/C18H14/c1-4-14-11-9-13-18(16(14)6-3)17-12-8-7-10-15(17)5-2/h1,5-13H,2-3H2. The minimum Gasteiger partial charge on any atom is -0.115 e. The van der Waals surface area contributed by atoms with Gasteiger partial charge in [-0.2, -0.15) is 0 Å². The normalized spacial score (nSPS) is 9.50. The lowest BCUT2D eigenvalue weighted by Gasteiger charge is -2.11. The third kappa shape index (κ3) is 1.99. The van der Waals surface area contributed by atoms with Crippen LogP contribution in [0.25, 0.3) is 23.3 Å². The topological polar surface area (TPSA) is 0 Å². The van der Waals surface area contributed by atoms with Crippen LogP contribution >= 0.6 is 0 Å². The Balaban J connectivity index is 2.76. The molecule has 0 nitrogen and oxygen atoms in total. The highest BCUT2D eigenvalue weighted by molar-refractivity contribution is 5.83. The highest BCUT2D eigenvalue weighted by Gasteiger charge is 2.08. The third-order valence-electron chi connectivity index (χ3n) is 2.94. The minimum absolute atomic E-state index is 0.862. The van der Waals surface area contributed by atoms with Gasteiger partial charge in [0.15, 0.2) is 0 Å². The Morgan fingerprint density at radius 3 is 2.28 bits per heavy atom. The lowest BCUT2D eigenvalue weighted by atomic mass is 9.92. The van der Waals surface area contributed by atoms with Crippen molar-refractivity contribution in [2.75, 3.05) is 0 Å². The monoisotopic (exact) mass is 230 g/mol. The van der Waals surface area contributed by atoms with Crippen molar-refractivity contribution >= 4 is 12.2 Å². The van der Waals surface area contributed by atoms with Crippen molar-refractivity contribution in [3.05, 3.63) is 72.3 Å². The molecule has 0 bridgehead atoms. The Hall–Kier alpha value is -2.52. The summed E-state index contributed by atoms with van der Waals surface area (Å²) >= 11 is 0. The summed E-state index contributed by atoms with van der Waals surface area (Å²) in [6.07, 6.45) is 9.19. The molecule has 18 heavy (non-hydrogen) atoms. The summed E-state index contributed by atoms with van der Waals surface area (Å²) in [6.45, 7) is 7.71. The highest BCUT2D eigenvalue weighted by atomic mass is 14.1. The van der Waals surface area contributed by atoms with E-state index in [9.17, 15) is 0 Å². The van der Waals surface area contributed by atoms with Crippen molar-refractivity contribution in [2.24, 2.45) is 0 Å². The SMILES string of the molecule is C#Cc1cccc(-c2ccccc2C=C)c1C=C. The second-order valence-corrected chi connectivity index (χ2v) is 3.91. The van der Waals surface area contributed by atoms with E-state index >= 15 is 0 Å². The van der Waals surface area contributed by atoms with E-state index in [2.05, 4.69) is 31.2 Å². The zero-order valence-corrected chi connectivity index (χ0v) is 10.2. The molecular formula is C18H14. The summed E-state index contributed by atoms with van der Waals surface area (Å²) in [5, 5.41) is 0. The van der Waals surface area contributed by atoms with Crippen molar-refractivity contribution in [1.82, 2.24) is 0 Å². The van der Waals surface area contributed by atoms with Gasteiger partial charge in [0.1, 0.15) is 0 Å². The van der Waals surface area contributed by atoms with Crippen molar-refractivity contribution in [2.45, 2.75) is 0 Å². The Labute approximate surface area is 108 Å². The van der Waals surface area contributed by atoms with Crippen molar-refractivity contribution < 1.29 is 0 Å². The zero-order chi connectivity index (χ0) is 13.0. The van der Waals surface area contributed by atoms with E-state index in [0.717, 1.165) is 27.8 Å². The van der Waals surface area contributed by atoms with Crippen LogP contribution in [0.3, 0.4) is 0 Å². The van der Waals surface area contributed by atoms with E-state index in [4.69, 9.17) is 6.42 Å². The maximum Gasteiger partial charge on any atom is 0.0321 e. The van der Waals surface area contributed by atoms with E-state index in [1.165, 1.54) is 0 Å². The fourth-order valence-electron chi connectivity index (χ4n) is 2.07. The quantitative estimate of drug-likeness (QED) is 0.675. The molecule has 0 saturated heterocycles. The van der Waals surface area contributed by atoms with Crippen LogP contribution in [0.2, 0.25) is 0 Å². The lowest BCUT2D eigenvalue weighted by Crippen LogP contribution is -1.90. The van der Waals surface area contributed by atoms with Crippen molar-refractivity contribution in [3.63, 3.8) is 0 Å². The molecule has 0 heterocycles. The first kappa shape index (κ1) is 12.0. The number of hydrogen-bond donors (Lipinski definition) is 0. The largest absolute Gasteiger partial charge is 0.115 e. The zero-order valence-electron chi connectivity index (χ0n) is 10.2. The maximum atomic E-state index is 5.53. The summed E-state index contributed by atoms with van der Waals surface area (Å²) in [5.74, 6) is 2.70. The van der Waals surface area contributed by atoms with Crippen LogP contribution in [0.1, 0.15) is 16.7 Å². The van der Waals surface area contributed by atoms with Gasteiger partial charge in [0, 0.05) is 5.56 Å². The Morgan fingerprint density at radius 2 is 1.61 bits per heavy atom. The molecule has 2 aromatic rings. The van der Waals surface area contributed by atoms with Crippen molar-refractivity contribution in [1.29, 1.82) is 0 Å². The molecule has 0 aliphatic rings. The van der Waals surface area contributed by atoms with Crippen molar-refractivity contribution in [3.8, 4) is 23.5 Å². The average Bonchev–Trinajstić information content (AvgIpc) is 2.46. The molecule has 0 N–H and O–H groups in total. The molecule has 0 atom stereocenters. The van der Waals surface area contributed by atoms with Gasteiger partial charge in [0.05, 0.1) is 0 Å². The van der Waals surface area contributed by atoms with E-state index in [1.807, 2.05) is 42.5 Å². The first-order valence-corrected chi connectivity index (χ1v) is 5.75. The van der Waals surface area contributed by atoms with Gasteiger partial charge in [-0.05, 0) is 28.3 Å². The molecule has 0 aliphatic heterocycles. The van der Waals surface area contributed by atoms with Crippen LogP contribution in [0.5, 0.6) is 0 Å². The summed E-state index contributed by atoms with van der Waals surface area (Å²) in [5.41, 5.74) is 5.17. The predicted molar refractivity (Wildman–Crippen MR) is 80.0 cm³/mol. The molecule has 2 aromatic carbocycles. The lowest BCUT2D eigenvalue weighted by molar-refractivity contribution is 1.55. The minimum atomic E-state index is 0.862. The molecule has 0 aromatic heterocycles. The molecule has 0 heteroatoms. The first-order valence-electron chi connectivity index (χ1n) is 5.75. The molecular weight excluding hydrogens is 216 g/mol. The van der Waals surface area contributed by atoms with E-state index < -0.39 is 0 Å². The van der Waals surface area contributed by atoms with Crippen LogP contribution in [0, 0.1) is 12.3 Å². The van der Waals surface area contributed by atoms with Gasteiger partial charge in [0.25, 0.3) is 0 Å². The molecule has 0 spiro atoms. The summed E-state index contributed by atoms with van der Waals surface area (Å²) in [4.78, 5) is 0. The highest BCUT2D eigenvalue weighted by Crippen LogP contribution is 2.30. The molecule has 0 fully saturated rings. The predicted octanol–water partition coefficient (Wildman–Crippen LogP) is 4.62. The molecule has 0 radical (unpaired) electrons. The Kier molecular flexibility index (Phi) is 3.46. The van der Waals surface area contributed by atoms with E-state index in [-0.39, 0.29) is 0 Å². The fraction of sp³-hybridized carbons (Fsp3) is 0. The van der Waals surface area contributed by atoms with Crippen LogP contribution in [0.15, 0.2) is 55.6 Å². The number of terminal acetylenes is 1. The van der Waals surface area contributed by atoms with Gasteiger partial charge in [-0.1, -0.05) is 67.6 Å². The second-order valence-electron chi connectivity index (χ2n) is 3.91. The summed E-state index contributed by atoms with van der Waals surface area (Å²) in [7, 11) is 0. The molecule has 2 rings (SSSR count). The number of benzene rings is 2. The van der Waals surface area contributed by atoms with E-state index in [0.29, 0.717) is 0 Å². The smallest absolute Gasteiger partial charge is 0.0321 e. The van der Waals surface area contributed by atoms with Gasteiger partial charge in [-0.3, -0.25) is 0 Å². The fourth-order valence-corrected chi connectivity index (χ4v) is 2.07. The van der Waals surface area contributed by atoms with E-state index in [1.54, 1.807) is 0 Å². The Bertz CT molecular complexity index is 639. The van der Waals surface area contributed by atoms with Crippen LogP contribution in [-0.2, 0) is 0 Å². The third-order valence-corrected chi connectivity index (χ3v) is 2.94. The summed E-state index contributed by atoms with van der Waals surface area (Å²) in [6, 6.07) is 14.1. The Morgan fingerprint density at radius 1 is 0.889 bits per heavy atom. The number of rotatable bonds is 3. The van der Waals surface area contributed by atoms with Crippen LogP contribution in [-0.4, -0.2) is 0 Å². The van der Waals surface area contributed by atoms with Crippen LogP contribution in [0.4, 0.5) is 0 Å². The first-order chi connectivity index (χ1) is 8.81. The second kappa shape index (κ2) is 5.21. The van der Waals surface area contributed by atoms with Crippen LogP contribution < -0.4 is 0 Å². The van der Waals surface area contributed by atoms with Gasteiger partial charge in [-0.15, -0.1) is 6.42 Å². The van der Waals surface area contributed by atoms with Gasteiger partial charge >= 0.3 is 0 Å². The van der Waals surface area contributed by atoms with Gasteiger partial charge < -0.3 is 0 Å². The molecule has 0 amide bonds. The molecule has 0 aliphatic carbocycles. The average molecular weight is 230 g/mol. The van der Waals surface area contributed by atoms with Gasteiger partial charge in [-0.25, -0.2) is 0 Å². The molecule has 86 valence electrons. The molecule has 0 saturated carbocycles. The summed E-state index contributed by atoms with van der Waals surface area (Å²) < 4.78 is 0.